The first kappa shape index (κ1) is 26.9. The van der Waals surface area contributed by atoms with Crippen molar-refractivity contribution in [1.82, 2.24) is 15.6 Å². The number of imide groups is 1. The molecule has 2 aromatic rings. The van der Waals surface area contributed by atoms with Crippen LogP contribution in [0.5, 0.6) is 0 Å². The number of nitrogens with zero attached hydrogens (tertiary/aromatic N) is 2. The van der Waals surface area contributed by atoms with Gasteiger partial charge in [-0.1, -0.05) is 23.4 Å². The quantitative estimate of drug-likeness (QED) is 0.508. The first-order valence-corrected chi connectivity index (χ1v) is 11.8. The molecule has 3 rings (SSSR count). The van der Waals surface area contributed by atoms with Crippen LogP contribution < -0.4 is 10.6 Å². The number of nitriles is 1. The standard InChI is InChI=1S/C23H21ClN4O7S/c1-12(29)33-11-19-18(34-13(2)30)8-20(35-19)27-23(32)28-21(31)15-7-14(9-25)22(26-10-15)36-17-5-3-16(24)4-6-17/h3-7,10,18-20H,8,11H2,1-2H3,(H2,27,28,31,32)/t18-,19+,20+/m0/s1. The van der Waals surface area contributed by atoms with E-state index in [9.17, 15) is 24.4 Å². The van der Waals surface area contributed by atoms with Gasteiger partial charge in [-0.2, -0.15) is 5.26 Å². The lowest BCUT2D eigenvalue weighted by molar-refractivity contribution is -0.154. The van der Waals surface area contributed by atoms with Crippen molar-refractivity contribution in [1.29, 1.82) is 5.26 Å². The SMILES string of the molecule is CC(=O)OC[C@H]1O[C@@H](NC(=O)NC(=O)c2cnc(Sc3ccc(Cl)cc3)c(C#N)c2)C[C@@H]1OC(C)=O. The summed E-state index contributed by atoms with van der Waals surface area (Å²) in [6, 6.07) is 9.40. The van der Waals surface area contributed by atoms with Crippen LogP contribution in [0, 0.1) is 11.3 Å². The molecule has 0 radical (unpaired) electrons. The zero-order valence-corrected chi connectivity index (χ0v) is 20.7. The van der Waals surface area contributed by atoms with E-state index in [1.165, 1.54) is 37.9 Å². The largest absolute Gasteiger partial charge is 0.463 e. The monoisotopic (exact) mass is 532 g/mol. The zero-order chi connectivity index (χ0) is 26.2. The molecular weight excluding hydrogens is 512 g/mol. The van der Waals surface area contributed by atoms with E-state index in [2.05, 4.69) is 15.6 Å². The Morgan fingerprint density at radius 1 is 1.22 bits per heavy atom. The Bertz CT molecular complexity index is 1200. The fraction of sp³-hybridized carbons (Fsp3) is 0.304. The summed E-state index contributed by atoms with van der Waals surface area (Å²) in [4.78, 5) is 52.3. The number of halogens is 1. The Morgan fingerprint density at radius 3 is 2.58 bits per heavy atom. The minimum absolute atomic E-state index is 0.0000192. The minimum atomic E-state index is -0.909. The zero-order valence-electron chi connectivity index (χ0n) is 19.1. The number of aromatic nitrogens is 1. The average molecular weight is 533 g/mol. The van der Waals surface area contributed by atoms with Crippen LogP contribution in [-0.2, 0) is 23.8 Å². The van der Waals surface area contributed by atoms with Gasteiger partial charge in [0, 0.05) is 36.4 Å². The molecule has 2 N–H and O–H groups in total. The van der Waals surface area contributed by atoms with Crippen LogP contribution in [0.2, 0.25) is 5.02 Å². The third-order valence-corrected chi connectivity index (χ3v) is 6.03. The molecule has 0 unspecified atom stereocenters. The Kier molecular flexibility index (Phi) is 9.24. The summed E-state index contributed by atoms with van der Waals surface area (Å²) < 4.78 is 15.7. The lowest BCUT2D eigenvalue weighted by atomic mass is 10.2. The van der Waals surface area contributed by atoms with Crippen molar-refractivity contribution in [2.75, 3.05) is 6.61 Å². The molecule has 1 aromatic carbocycles. The first-order chi connectivity index (χ1) is 17.1. The van der Waals surface area contributed by atoms with Gasteiger partial charge in [-0.3, -0.25) is 19.7 Å². The normalized spacial score (nSPS) is 18.6. The molecule has 1 fully saturated rings. The number of pyridine rings is 1. The number of carbonyl (C=O) groups excluding carboxylic acids is 4. The highest BCUT2D eigenvalue weighted by Crippen LogP contribution is 2.29. The van der Waals surface area contributed by atoms with E-state index in [-0.39, 0.29) is 24.2 Å². The molecule has 1 aromatic heterocycles. The molecule has 1 saturated heterocycles. The van der Waals surface area contributed by atoms with Crippen molar-refractivity contribution < 1.29 is 33.4 Å². The second kappa shape index (κ2) is 12.3. The highest BCUT2D eigenvalue weighted by Gasteiger charge is 2.39. The second-order valence-electron chi connectivity index (χ2n) is 7.52. The van der Waals surface area contributed by atoms with Crippen LogP contribution >= 0.6 is 23.4 Å². The van der Waals surface area contributed by atoms with Gasteiger partial charge in [0.05, 0.1) is 11.1 Å². The van der Waals surface area contributed by atoms with Gasteiger partial charge in [-0.25, -0.2) is 9.78 Å². The van der Waals surface area contributed by atoms with E-state index in [1.807, 2.05) is 6.07 Å². The molecule has 0 aliphatic carbocycles. The number of amides is 3. The van der Waals surface area contributed by atoms with Crippen LogP contribution in [-0.4, -0.2) is 53.9 Å². The van der Waals surface area contributed by atoms with E-state index in [4.69, 9.17) is 25.8 Å². The lowest BCUT2D eigenvalue weighted by Crippen LogP contribution is -2.44. The Labute approximate surface area is 215 Å². The van der Waals surface area contributed by atoms with Crippen LogP contribution in [0.4, 0.5) is 4.79 Å². The maximum atomic E-state index is 12.5. The van der Waals surface area contributed by atoms with Crippen molar-refractivity contribution in [2.45, 2.75) is 48.6 Å². The number of hydrogen-bond acceptors (Lipinski definition) is 10. The van der Waals surface area contributed by atoms with E-state index in [1.54, 1.807) is 24.3 Å². The highest BCUT2D eigenvalue weighted by molar-refractivity contribution is 7.99. The molecule has 36 heavy (non-hydrogen) atoms. The van der Waals surface area contributed by atoms with E-state index in [0.29, 0.717) is 10.0 Å². The molecule has 0 bridgehead atoms. The summed E-state index contributed by atoms with van der Waals surface area (Å²) in [6.07, 6.45) is -1.11. The maximum Gasteiger partial charge on any atom is 0.323 e. The van der Waals surface area contributed by atoms with Gasteiger partial charge in [-0.15, -0.1) is 0 Å². The molecule has 0 spiro atoms. The minimum Gasteiger partial charge on any atom is -0.463 e. The molecule has 1 aliphatic heterocycles. The number of esters is 2. The lowest BCUT2D eigenvalue weighted by Gasteiger charge is -2.17. The molecule has 13 heteroatoms. The molecule has 3 atom stereocenters. The maximum absolute atomic E-state index is 12.5. The van der Waals surface area contributed by atoms with Crippen molar-refractivity contribution in [3.8, 4) is 6.07 Å². The molecule has 188 valence electrons. The molecule has 1 aliphatic rings. The molecular formula is C23H21ClN4O7S. The number of nitrogens with one attached hydrogen (secondary N) is 2. The molecule has 0 saturated carbocycles. The number of ether oxygens (including phenoxy) is 3. The van der Waals surface area contributed by atoms with Crippen LogP contribution in [0.25, 0.3) is 0 Å². The molecule has 3 amide bonds. The summed E-state index contributed by atoms with van der Waals surface area (Å²) >= 11 is 7.11. The van der Waals surface area contributed by atoms with Crippen molar-refractivity contribution in [3.63, 3.8) is 0 Å². The molecule has 2 heterocycles. The van der Waals surface area contributed by atoms with Crippen LogP contribution in [0.1, 0.15) is 36.2 Å². The van der Waals surface area contributed by atoms with Crippen molar-refractivity contribution >= 4 is 47.2 Å². The van der Waals surface area contributed by atoms with Gasteiger partial charge < -0.3 is 19.5 Å². The second-order valence-corrected chi connectivity index (χ2v) is 9.02. The predicted octanol–water partition coefficient (Wildman–Crippen LogP) is 2.81. The summed E-state index contributed by atoms with van der Waals surface area (Å²) in [5.41, 5.74) is 0.152. The van der Waals surface area contributed by atoms with Crippen LogP contribution in [0.3, 0.4) is 0 Å². The molecule has 11 nitrogen and oxygen atoms in total. The highest BCUT2D eigenvalue weighted by atomic mass is 35.5. The van der Waals surface area contributed by atoms with Crippen molar-refractivity contribution in [2.24, 2.45) is 0 Å². The van der Waals surface area contributed by atoms with Gasteiger partial charge in [0.1, 0.15) is 36.1 Å². The number of rotatable bonds is 7. The van der Waals surface area contributed by atoms with Gasteiger partial charge >= 0.3 is 18.0 Å². The van der Waals surface area contributed by atoms with Gasteiger partial charge in [0.15, 0.2) is 0 Å². The first-order valence-electron chi connectivity index (χ1n) is 10.6. The summed E-state index contributed by atoms with van der Waals surface area (Å²) in [6.45, 7) is 2.27. The fourth-order valence-electron chi connectivity index (χ4n) is 3.20. The number of hydrogen-bond donors (Lipinski definition) is 2. The number of urea groups is 1. The third kappa shape index (κ3) is 7.67. The van der Waals surface area contributed by atoms with E-state index >= 15 is 0 Å². The third-order valence-electron chi connectivity index (χ3n) is 4.75. The smallest absolute Gasteiger partial charge is 0.323 e. The average Bonchev–Trinajstić information content (AvgIpc) is 3.19. The van der Waals surface area contributed by atoms with Crippen LogP contribution in [0.15, 0.2) is 46.5 Å². The Balaban J connectivity index is 1.60. The Hall–Kier alpha value is -3.66. The summed E-state index contributed by atoms with van der Waals surface area (Å²) in [7, 11) is 0. The summed E-state index contributed by atoms with van der Waals surface area (Å²) in [5.74, 6) is -1.89. The Morgan fingerprint density at radius 2 is 1.94 bits per heavy atom. The van der Waals surface area contributed by atoms with E-state index < -0.39 is 42.3 Å². The van der Waals surface area contributed by atoms with Gasteiger partial charge in [0.25, 0.3) is 5.91 Å². The predicted molar refractivity (Wildman–Crippen MR) is 126 cm³/mol. The van der Waals surface area contributed by atoms with E-state index in [0.717, 1.165) is 4.90 Å². The number of carbonyl (C=O) groups is 4. The number of benzene rings is 1. The fourth-order valence-corrected chi connectivity index (χ4v) is 4.14. The topological polar surface area (TPSA) is 157 Å². The van der Waals surface area contributed by atoms with Crippen molar-refractivity contribution in [3.05, 3.63) is 52.7 Å². The van der Waals surface area contributed by atoms with Gasteiger partial charge in [0.2, 0.25) is 0 Å². The van der Waals surface area contributed by atoms with Gasteiger partial charge in [-0.05, 0) is 30.3 Å². The summed E-state index contributed by atoms with van der Waals surface area (Å²) in [5, 5.41) is 15.0.